The van der Waals surface area contributed by atoms with E-state index < -0.39 is 0 Å². The van der Waals surface area contributed by atoms with Crippen LogP contribution >= 0.6 is 0 Å². The number of allylic oxidation sites excluding steroid dienone is 5. The van der Waals surface area contributed by atoms with Crippen LogP contribution in [-0.2, 0) is 7.05 Å². The molecule has 0 radical (unpaired) electrons. The molecule has 0 aliphatic rings. The van der Waals surface area contributed by atoms with Crippen molar-refractivity contribution in [3.05, 3.63) is 42.5 Å². The number of aryl methyl sites for hydroxylation is 1. The third-order valence-electron chi connectivity index (χ3n) is 2.05. The predicted molar refractivity (Wildman–Crippen MR) is 63.2 cm³/mol. The van der Waals surface area contributed by atoms with Crippen LogP contribution in [0.1, 0.15) is 26.1 Å². The molecule has 0 saturated carbocycles. The van der Waals surface area contributed by atoms with Gasteiger partial charge in [0.2, 0.25) is 0 Å². The van der Waals surface area contributed by atoms with Gasteiger partial charge in [-0.2, -0.15) is 5.10 Å². The largest absolute Gasteiger partial charge is 0.249 e. The number of rotatable bonds is 4. The Hall–Kier alpha value is -1.64. The smallest absolute Gasteiger partial charge is 0.158 e. The Morgan fingerprint density at radius 3 is 2.80 bits per heavy atom. The average molecular weight is 203 g/mol. The van der Waals surface area contributed by atoms with Crippen molar-refractivity contribution in [2.75, 3.05) is 0 Å². The van der Waals surface area contributed by atoms with Crippen molar-refractivity contribution in [3.63, 3.8) is 0 Å². The monoisotopic (exact) mass is 203 g/mol. The molecule has 1 aromatic heterocycles. The van der Waals surface area contributed by atoms with E-state index in [2.05, 4.69) is 29.7 Å². The molecule has 1 rings (SSSR count). The molecule has 1 aromatic rings. The van der Waals surface area contributed by atoms with Crippen LogP contribution in [0, 0.1) is 0 Å². The van der Waals surface area contributed by atoms with Crippen LogP contribution in [0.4, 0.5) is 0 Å². The first-order valence-corrected chi connectivity index (χ1v) is 5.04. The summed E-state index contributed by atoms with van der Waals surface area (Å²) in [4.78, 5) is 4.20. The van der Waals surface area contributed by atoms with E-state index in [0.29, 0.717) is 0 Å². The molecule has 0 aliphatic carbocycles. The fourth-order valence-electron chi connectivity index (χ4n) is 1.25. The van der Waals surface area contributed by atoms with E-state index in [-0.39, 0.29) is 0 Å². The van der Waals surface area contributed by atoms with Crippen LogP contribution in [0.25, 0.3) is 5.57 Å². The second kappa shape index (κ2) is 5.29. The van der Waals surface area contributed by atoms with Crippen LogP contribution in [0.3, 0.4) is 0 Å². The Balaban J connectivity index is 3.04. The molecule has 0 spiro atoms. The highest BCUT2D eigenvalue weighted by atomic mass is 15.3. The highest BCUT2D eigenvalue weighted by Gasteiger charge is 2.06. The summed E-state index contributed by atoms with van der Waals surface area (Å²) in [5, 5.41) is 4.05. The summed E-state index contributed by atoms with van der Waals surface area (Å²) in [6.45, 7) is 8.02. The Labute approximate surface area is 90.8 Å². The molecule has 0 aliphatic heterocycles. The lowest BCUT2D eigenvalue weighted by atomic mass is 10.1. The van der Waals surface area contributed by atoms with Crippen LogP contribution in [0.5, 0.6) is 0 Å². The summed E-state index contributed by atoms with van der Waals surface area (Å²) in [5.41, 5.74) is 2.02. The summed E-state index contributed by atoms with van der Waals surface area (Å²) in [5.74, 6) is 0.850. The molecular weight excluding hydrogens is 186 g/mol. The zero-order valence-electron chi connectivity index (χ0n) is 9.57. The van der Waals surface area contributed by atoms with Crippen LogP contribution in [-0.4, -0.2) is 14.8 Å². The van der Waals surface area contributed by atoms with Gasteiger partial charge in [-0.25, -0.2) is 9.67 Å². The molecule has 3 heteroatoms. The topological polar surface area (TPSA) is 30.7 Å². The molecule has 0 bridgehead atoms. The summed E-state index contributed by atoms with van der Waals surface area (Å²) < 4.78 is 1.75. The molecule has 0 unspecified atom stereocenters. The molecule has 1 heterocycles. The molecule has 0 fully saturated rings. The van der Waals surface area contributed by atoms with Gasteiger partial charge in [0.15, 0.2) is 5.82 Å². The maximum Gasteiger partial charge on any atom is 0.158 e. The van der Waals surface area contributed by atoms with Crippen molar-refractivity contribution in [2.45, 2.75) is 20.3 Å². The third kappa shape index (κ3) is 2.91. The van der Waals surface area contributed by atoms with E-state index in [9.17, 15) is 0 Å². The third-order valence-corrected chi connectivity index (χ3v) is 2.05. The van der Waals surface area contributed by atoms with Gasteiger partial charge >= 0.3 is 0 Å². The van der Waals surface area contributed by atoms with Gasteiger partial charge in [0.25, 0.3) is 0 Å². The zero-order chi connectivity index (χ0) is 11.3. The standard InChI is InChI=1S/C12H17N3/c1-5-6-7-8-11(10(2)3)12-13-9-14-15(12)4/h6-9H,2,5H2,1,3-4H3/b7-6-,11-8+. The highest BCUT2D eigenvalue weighted by molar-refractivity contribution is 5.75. The molecule has 0 amide bonds. The molecule has 80 valence electrons. The SMILES string of the molecule is C=C(C)/C(=C\C=C/CC)c1ncnn1C. The van der Waals surface area contributed by atoms with E-state index >= 15 is 0 Å². The van der Waals surface area contributed by atoms with Crippen molar-refractivity contribution >= 4 is 5.57 Å². The number of aromatic nitrogens is 3. The minimum absolute atomic E-state index is 0.850. The minimum atomic E-state index is 0.850. The summed E-state index contributed by atoms with van der Waals surface area (Å²) in [6.07, 6.45) is 8.72. The number of hydrogen-bond donors (Lipinski definition) is 0. The van der Waals surface area contributed by atoms with E-state index in [4.69, 9.17) is 0 Å². The normalized spacial score (nSPS) is 12.3. The lowest BCUT2D eigenvalue weighted by Crippen LogP contribution is -1.99. The van der Waals surface area contributed by atoms with E-state index in [1.54, 1.807) is 11.0 Å². The quantitative estimate of drug-likeness (QED) is 0.704. The second-order valence-corrected chi connectivity index (χ2v) is 3.40. The van der Waals surface area contributed by atoms with Crippen molar-refractivity contribution in [1.29, 1.82) is 0 Å². The molecule has 15 heavy (non-hydrogen) atoms. The molecule has 3 nitrogen and oxygen atoms in total. The Kier molecular flexibility index (Phi) is 4.03. The Morgan fingerprint density at radius 1 is 1.60 bits per heavy atom. The van der Waals surface area contributed by atoms with Crippen LogP contribution in [0.2, 0.25) is 0 Å². The first-order valence-electron chi connectivity index (χ1n) is 5.04. The Bertz CT molecular complexity index is 397. The summed E-state index contributed by atoms with van der Waals surface area (Å²) in [7, 11) is 1.88. The zero-order valence-corrected chi connectivity index (χ0v) is 9.57. The van der Waals surface area contributed by atoms with Crippen LogP contribution in [0.15, 0.2) is 36.7 Å². The van der Waals surface area contributed by atoms with Gasteiger partial charge in [-0.05, 0) is 18.9 Å². The number of hydrogen-bond acceptors (Lipinski definition) is 2. The van der Waals surface area contributed by atoms with Gasteiger partial charge in [0.1, 0.15) is 6.33 Å². The molecule has 0 saturated heterocycles. The van der Waals surface area contributed by atoms with Gasteiger partial charge in [0.05, 0.1) is 0 Å². The lowest BCUT2D eigenvalue weighted by Gasteiger charge is -2.04. The van der Waals surface area contributed by atoms with Gasteiger partial charge in [0, 0.05) is 12.6 Å². The minimum Gasteiger partial charge on any atom is -0.249 e. The molecule has 0 N–H and O–H groups in total. The van der Waals surface area contributed by atoms with Gasteiger partial charge in [-0.15, -0.1) is 0 Å². The first-order chi connectivity index (χ1) is 7.16. The molecular formula is C12H17N3. The van der Waals surface area contributed by atoms with Crippen molar-refractivity contribution < 1.29 is 0 Å². The average Bonchev–Trinajstić information content (AvgIpc) is 2.59. The second-order valence-electron chi connectivity index (χ2n) is 3.40. The summed E-state index contributed by atoms with van der Waals surface area (Å²) >= 11 is 0. The van der Waals surface area contributed by atoms with Gasteiger partial charge in [-0.1, -0.05) is 31.7 Å². The lowest BCUT2D eigenvalue weighted by molar-refractivity contribution is 0.753. The van der Waals surface area contributed by atoms with E-state index in [0.717, 1.165) is 23.4 Å². The van der Waals surface area contributed by atoms with Gasteiger partial charge < -0.3 is 0 Å². The number of nitrogens with zero attached hydrogens (tertiary/aromatic N) is 3. The molecule has 0 atom stereocenters. The molecule has 0 aromatic carbocycles. The fourth-order valence-corrected chi connectivity index (χ4v) is 1.25. The first kappa shape index (κ1) is 11.4. The highest BCUT2D eigenvalue weighted by Crippen LogP contribution is 2.18. The van der Waals surface area contributed by atoms with Crippen molar-refractivity contribution in [1.82, 2.24) is 14.8 Å². The van der Waals surface area contributed by atoms with E-state index in [1.165, 1.54) is 0 Å². The van der Waals surface area contributed by atoms with Crippen LogP contribution < -0.4 is 0 Å². The van der Waals surface area contributed by atoms with Crippen molar-refractivity contribution in [2.24, 2.45) is 7.05 Å². The van der Waals surface area contributed by atoms with E-state index in [1.807, 2.05) is 26.1 Å². The predicted octanol–water partition coefficient (Wildman–Crippen LogP) is 2.74. The summed E-state index contributed by atoms with van der Waals surface area (Å²) in [6, 6.07) is 0. The maximum absolute atomic E-state index is 4.20. The Morgan fingerprint density at radius 2 is 2.33 bits per heavy atom. The fraction of sp³-hybridized carbons (Fsp3) is 0.333. The van der Waals surface area contributed by atoms with Crippen molar-refractivity contribution in [3.8, 4) is 0 Å². The van der Waals surface area contributed by atoms with Gasteiger partial charge in [-0.3, -0.25) is 0 Å². The maximum atomic E-state index is 4.20.